The summed E-state index contributed by atoms with van der Waals surface area (Å²) >= 11 is 0. The predicted octanol–water partition coefficient (Wildman–Crippen LogP) is 3.36. The summed E-state index contributed by atoms with van der Waals surface area (Å²) in [7, 11) is 0. The third kappa shape index (κ3) is 5.21. The van der Waals surface area contributed by atoms with E-state index in [9.17, 15) is 9.59 Å². The Morgan fingerprint density at radius 1 is 0.871 bits per heavy atom. The van der Waals surface area contributed by atoms with Gasteiger partial charge in [0.15, 0.2) is 0 Å². The number of hydrogen-bond donors (Lipinski definition) is 0. The molecule has 0 N–H and O–H groups in total. The number of carbonyl (C=O) groups is 2. The van der Waals surface area contributed by atoms with Gasteiger partial charge in [0, 0.05) is 51.0 Å². The van der Waals surface area contributed by atoms with E-state index < -0.39 is 5.60 Å². The first-order valence-electron chi connectivity index (χ1n) is 12.0. The fourth-order valence-electron chi connectivity index (χ4n) is 5.12. The lowest BCUT2D eigenvalue weighted by molar-refractivity contribution is -0.137. The van der Waals surface area contributed by atoms with Crippen LogP contribution in [0.5, 0.6) is 0 Å². The molecule has 0 unspecified atom stereocenters. The number of hydrogen-bond acceptors (Lipinski definition) is 5. The molecule has 2 amide bonds. The zero-order chi connectivity index (χ0) is 22.0. The standard InChI is InChI=1S/C23H37N5O3/c1-23(2,3)31-22(30)27-14-11-19-24-25-20(28(19)16-15-27)17-9-12-26(13-10-17)21(29)18-7-5-4-6-8-18/h17-18H,4-16H2,1-3H3. The Morgan fingerprint density at radius 2 is 1.58 bits per heavy atom. The Hall–Kier alpha value is -2.12. The first-order chi connectivity index (χ1) is 14.8. The van der Waals surface area contributed by atoms with Crippen molar-refractivity contribution in [2.45, 2.75) is 90.2 Å². The van der Waals surface area contributed by atoms with Gasteiger partial charge in [0.1, 0.15) is 17.2 Å². The monoisotopic (exact) mass is 431 g/mol. The number of piperidine rings is 1. The highest BCUT2D eigenvalue weighted by Gasteiger charge is 2.33. The normalized spacial score (nSPS) is 21.5. The number of carbonyl (C=O) groups excluding carboxylic acids is 2. The van der Waals surface area contributed by atoms with E-state index >= 15 is 0 Å². The molecule has 2 fully saturated rings. The van der Waals surface area contributed by atoms with Gasteiger partial charge in [-0.05, 0) is 46.5 Å². The van der Waals surface area contributed by atoms with Crippen molar-refractivity contribution in [3.8, 4) is 0 Å². The van der Waals surface area contributed by atoms with Gasteiger partial charge in [-0.15, -0.1) is 10.2 Å². The van der Waals surface area contributed by atoms with E-state index in [2.05, 4.69) is 19.7 Å². The van der Waals surface area contributed by atoms with Gasteiger partial charge in [0.05, 0.1) is 0 Å². The second-order valence-electron chi connectivity index (χ2n) is 10.3. The Balaban J connectivity index is 1.34. The number of likely N-dealkylation sites (tertiary alicyclic amines) is 1. The smallest absolute Gasteiger partial charge is 0.410 e. The van der Waals surface area contributed by atoms with E-state index in [1.807, 2.05) is 20.8 Å². The molecule has 1 aromatic heterocycles. The van der Waals surface area contributed by atoms with Gasteiger partial charge < -0.3 is 19.1 Å². The van der Waals surface area contributed by atoms with Crippen LogP contribution in [0.1, 0.15) is 83.3 Å². The highest BCUT2D eigenvalue weighted by Crippen LogP contribution is 2.31. The summed E-state index contributed by atoms with van der Waals surface area (Å²) in [5.41, 5.74) is -0.493. The Kier molecular flexibility index (Phi) is 6.53. The van der Waals surface area contributed by atoms with Crippen LogP contribution in [0.4, 0.5) is 4.79 Å². The molecule has 3 aliphatic rings. The minimum Gasteiger partial charge on any atom is -0.444 e. The molecular weight excluding hydrogens is 394 g/mol. The van der Waals surface area contributed by atoms with Crippen LogP contribution in [0, 0.1) is 5.92 Å². The summed E-state index contributed by atoms with van der Waals surface area (Å²) < 4.78 is 7.75. The molecule has 0 radical (unpaired) electrons. The van der Waals surface area contributed by atoms with Crippen molar-refractivity contribution >= 4 is 12.0 Å². The lowest BCUT2D eigenvalue weighted by Gasteiger charge is -2.35. The fraction of sp³-hybridized carbons (Fsp3) is 0.826. The predicted molar refractivity (Wildman–Crippen MR) is 117 cm³/mol. The first kappa shape index (κ1) is 22.1. The number of fused-ring (bicyclic) bond motifs is 1. The maximum Gasteiger partial charge on any atom is 0.410 e. The van der Waals surface area contributed by atoms with Gasteiger partial charge >= 0.3 is 6.09 Å². The van der Waals surface area contributed by atoms with E-state index in [1.165, 1.54) is 19.3 Å². The van der Waals surface area contributed by atoms with E-state index in [0.717, 1.165) is 50.4 Å². The number of aromatic nitrogens is 3. The summed E-state index contributed by atoms with van der Waals surface area (Å²) in [5, 5.41) is 8.97. The van der Waals surface area contributed by atoms with Crippen LogP contribution in [0.2, 0.25) is 0 Å². The van der Waals surface area contributed by atoms with Crippen LogP contribution in [0.25, 0.3) is 0 Å². The molecule has 1 aliphatic carbocycles. The van der Waals surface area contributed by atoms with E-state index in [4.69, 9.17) is 4.74 Å². The topological polar surface area (TPSA) is 80.6 Å². The Bertz CT molecular complexity index is 786. The molecule has 1 saturated carbocycles. The number of nitrogens with zero attached hydrogens (tertiary/aromatic N) is 5. The molecule has 0 aromatic carbocycles. The van der Waals surface area contributed by atoms with Gasteiger partial charge in [-0.25, -0.2) is 4.79 Å². The zero-order valence-corrected chi connectivity index (χ0v) is 19.3. The maximum absolute atomic E-state index is 12.9. The van der Waals surface area contributed by atoms with Crippen LogP contribution in [-0.2, 0) is 22.5 Å². The summed E-state index contributed by atoms with van der Waals surface area (Å²) in [6.45, 7) is 9.19. The van der Waals surface area contributed by atoms with Crippen molar-refractivity contribution in [2.24, 2.45) is 5.92 Å². The van der Waals surface area contributed by atoms with Crippen molar-refractivity contribution in [1.82, 2.24) is 24.6 Å². The molecule has 1 aromatic rings. The van der Waals surface area contributed by atoms with Crippen molar-refractivity contribution in [2.75, 3.05) is 26.2 Å². The van der Waals surface area contributed by atoms with E-state index in [1.54, 1.807) is 4.90 Å². The van der Waals surface area contributed by atoms with Crippen LogP contribution in [0.15, 0.2) is 0 Å². The number of rotatable bonds is 2. The second kappa shape index (κ2) is 9.17. The summed E-state index contributed by atoms with van der Waals surface area (Å²) in [4.78, 5) is 29.2. The van der Waals surface area contributed by atoms with Gasteiger partial charge in [0.2, 0.25) is 5.91 Å². The lowest BCUT2D eigenvalue weighted by Crippen LogP contribution is -2.42. The number of amides is 2. The molecule has 8 nitrogen and oxygen atoms in total. The molecule has 4 rings (SSSR count). The van der Waals surface area contributed by atoms with E-state index in [0.29, 0.717) is 37.9 Å². The second-order valence-corrected chi connectivity index (χ2v) is 10.3. The van der Waals surface area contributed by atoms with Crippen LogP contribution < -0.4 is 0 Å². The zero-order valence-electron chi connectivity index (χ0n) is 19.3. The van der Waals surface area contributed by atoms with Crippen molar-refractivity contribution in [3.63, 3.8) is 0 Å². The molecule has 1 saturated heterocycles. The summed E-state index contributed by atoms with van der Waals surface area (Å²) in [6, 6.07) is 0. The van der Waals surface area contributed by atoms with Crippen molar-refractivity contribution < 1.29 is 14.3 Å². The van der Waals surface area contributed by atoms with E-state index in [-0.39, 0.29) is 12.0 Å². The van der Waals surface area contributed by atoms with Crippen molar-refractivity contribution in [1.29, 1.82) is 0 Å². The lowest BCUT2D eigenvalue weighted by atomic mass is 9.87. The molecule has 3 heterocycles. The summed E-state index contributed by atoms with van der Waals surface area (Å²) in [5.74, 6) is 2.90. The highest BCUT2D eigenvalue weighted by atomic mass is 16.6. The molecular formula is C23H37N5O3. The van der Waals surface area contributed by atoms with Crippen molar-refractivity contribution in [3.05, 3.63) is 11.6 Å². The summed E-state index contributed by atoms with van der Waals surface area (Å²) in [6.07, 6.45) is 8.08. The van der Waals surface area contributed by atoms with Gasteiger partial charge in [-0.2, -0.15) is 0 Å². The quantitative estimate of drug-likeness (QED) is 0.717. The first-order valence-corrected chi connectivity index (χ1v) is 12.0. The van der Waals surface area contributed by atoms with Gasteiger partial charge in [0.25, 0.3) is 0 Å². The average molecular weight is 432 g/mol. The molecule has 31 heavy (non-hydrogen) atoms. The van der Waals surface area contributed by atoms with Crippen LogP contribution in [0.3, 0.4) is 0 Å². The van der Waals surface area contributed by atoms with Gasteiger partial charge in [-0.3, -0.25) is 4.79 Å². The molecule has 0 bridgehead atoms. The Morgan fingerprint density at radius 3 is 2.26 bits per heavy atom. The molecule has 172 valence electrons. The molecule has 8 heteroatoms. The minimum absolute atomic E-state index is 0.244. The van der Waals surface area contributed by atoms with Crippen LogP contribution >= 0.6 is 0 Å². The Labute approximate surface area is 185 Å². The third-order valence-electron chi connectivity index (χ3n) is 6.83. The largest absolute Gasteiger partial charge is 0.444 e. The average Bonchev–Trinajstić information content (AvgIpc) is 3.03. The molecule has 0 spiro atoms. The highest BCUT2D eigenvalue weighted by molar-refractivity contribution is 5.79. The molecule has 2 aliphatic heterocycles. The molecule has 0 atom stereocenters. The fourth-order valence-corrected chi connectivity index (χ4v) is 5.12. The SMILES string of the molecule is CC(C)(C)OC(=O)N1CCc2nnc(C3CCN(C(=O)C4CCCCC4)CC3)n2CC1. The minimum atomic E-state index is -0.493. The van der Waals surface area contributed by atoms with Crippen LogP contribution in [-0.4, -0.2) is 68.3 Å². The van der Waals surface area contributed by atoms with Gasteiger partial charge in [-0.1, -0.05) is 19.3 Å². The maximum atomic E-state index is 12.9. The number of ether oxygens (including phenoxy) is 1. The third-order valence-corrected chi connectivity index (χ3v) is 6.83.